The third-order valence-electron chi connectivity index (χ3n) is 4.85. The molecule has 0 aromatic rings. The number of hydrogen-bond acceptors (Lipinski definition) is 11. The summed E-state index contributed by atoms with van der Waals surface area (Å²) >= 11 is 0. The molecular formula is C16H28N2O11. The fourth-order valence-electron chi connectivity index (χ4n) is 3.39. The van der Waals surface area contributed by atoms with Crippen LogP contribution in [0, 0.1) is 0 Å². The molecule has 2 amide bonds. The van der Waals surface area contributed by atoms with E-state index < -0.39 is 73.9 Å². The van der Waals surface area contributed by atoms with Gasteiger partial charge in [0.2, 0.25) is 12.3 Å². The van der Waals surface area contributed by atoms with Gasteiger partial charge in [-0.1, -0.05) is 0 Å². The molecule has 29 heavy (non-hydrogen) atoms. The van der Waals surface area contributed by atoms with Gasteiger partial charge in [-0.15, -0.1) is 0 Å². The zero-order valence-electron chi connectivity index (χ0n) is 16.0. The zero-order valence-corrected chi connectivity index (χ0v) is 16.0. The first-order valence-corrected chi connectivity index (χ1v) is 9.01. The molecule has 0 aliphatic carbocycles. The minimum Gasteiger partial charge on any atom is -0.394 e. The fraction of sp³-hybridized carbons (Fsp3) is 0.875. The standard InChI is InChI=1S/C16H28N2O11/c1-6(21)18-9-11(23)13(7(3-17-5-20)27-15(9)25)29-16-14(26-2)12(24)10(22)8(4-19)28-16/h5,7-16,19,22-25H,3-4H2,1-2H3,(H,17,20)(H,18,21). The second-order valence-electron chi connectivity index (χ2n) is 6.82. The van der Waals surface area contributed by atoms with Crippen LogP contribution in [0.3, 0.4) is 0 Å². The zero-order chi connectivity index (χ0) is 21.7. The van der Waals surface area contributed by atoms with Gasteiger partial charge in [-0.2, -0.15) is 0 Å². The Balaban J connectivity index is 2.24. The molecule has 0 saturated carbocycles. The molecule has 2 aliphatic rings. The molecule has 13 nitrogen and oxygen atoms in total. The monoisotopic (exact) mass is 424 g/mol. The van der Waals surface area contributed by atoms with Crippen molar-refractivity contribution in [2.24, 2.45) is 0 Å². The summed E-state index contributed by atoms with van der Waals surface area (Å²) < 4.78 is 21.7. The Kier molecular flexibility index (Phi) is 8.69. The number of methoxy groups -OCH3 is 1. The molecule has 10 atom stereocenters. The lowest BCUT2D eigenvalue weighted by molar-refractivity contribution is -0.345. The molecule has 0 bridgehead atoms. The van der Waals surface area contributed by atoms with E-state index in [0.717, 1.165) is 0 Å². The maximum Gasteiger partial charge on any atom is 0.217 e. The number of nitrogens with one attached hydrogen (secondary N) is 2. The Labute approximate surface area is 166 Å². The normalized spacial score (nSPS) is 42.9. The summed E-state index contributed by atoms with van der Waals surface area (Å²) in [5.74, 6) is -0.539. The summed E-state index contributed by atoms with van der Waals surface area (Å²) in [6, 6.07) is -1.25. The van der Waals surface area contributed by atoms with Crippen LogP contribution in [0.15, 0.2) is 0 Å². The highest BCUT2D eigenvalue weighted by atomic mass is 16.7. The van der Waals surface area contributed by atoms with E-state index in [0.29, 0.717) is 6.41 Å². The van der Waals surface area contributed by atoms with Crippen molar-refractivity contribution < 1.29 is 54.1 Å². The van der Waals surface area contributed by atoms with Crippen LogP contribution >= 0.6 is 0 Å². The van der Waals surface area contributed by atoms with E-state index in [1.807, 2.05) is 0 Å². The largest absolute Gasteiger partial charge is 0.394 e. The predicted molar refractivity (Wildman–Crippen MR) is 92.0 cm³/mol. The molecule has 0 radical (unpaired) electrons. The maximum atomic E-state index is 11.4. The quantitative estimate of drug-likeness (QED) is 0.185. The second-order valence-corrected chi connectivity index (χ2v) is 6.82. The molecule has 10 unspecified atom stereocenters. The van der Waals surface area contributed by atoms with Gasteiger partial charge in [-0.25, -0.2) is 0 Å². The van der Waals surface area contributed by atoms with Crippen LogP contribution in [0.25, 0.3) is 0 Å². The molecule has 0 aromatic carbocycles. The molecule has 2 fully saturated rings. The molecule has 2 aliphatic heterocycles. The highest BCUT2D eigenvalue weighted by Gasteiger charge is 2.51. The number of carbonyl (C=O) groups excluding carboxylic acids is 2. The smallest absolute Gasteiger partial charge is 0.217 e. The van der Waals surface area contributed by atoms with Crippen molar-refractivity contribution in [2.75, 3.05) is 20.3 Å². The number of ether oxygens (including phenoxy) is 4. The molecule has 13 heteroatoms. The summed E-state index contributed by atoms with van der Waals surface area (Å²) in [6.07, 6.45) is -11.7. The van der Waals surface area contributed by atoms with Gasteiger partial charge in [0.25, 0.3) is 0 Å². The lowest BCUT2D eigenvalue weighted by Gasteiger charge is -2.47. The SMILES string of the molecule is COC1C(OC2C(CNC=O)OC(O)C(NC(C)=O)C2O)OC(CO)C(O)C1O. The Morgan fingerprint density at radius 3 is 2.31 bits per heavy atom. The van der Waals surface area contributed by atoms with Gasteiger partial charge < -0.3 is 55.1 Å². The first-order chi connectivity index (χ1) is 13.7. The minimum absolute atomic E-state index is 0.159. The molecule has 2 rings (SSSR count). The van der Waals surface area contributed by atoms with E-state index in [2.05, 4.69) is 10.6 Å². The van der Waals surface area contributed by atoms with Gasteiger partial charge in [0.05, 0.1) is 6.61 Å². The van der Waals surface area contributed by atoms with E-state index in [9.17, 15) is 35.1 Å². The van der Waals surface area contributed by atoms with Crippen LogP contribution in [-0.4, -0.2) is 119 Å². The molecule has 7 N–H and O–H groups in total. The van der Waals surface area contributed by atoms with Gasteiger partial charge in [0, 0.05) is 20.6 Å². The average Bonchev–Trinajstić information content (AvgIpc) is 2.68. The highest BCUT2D eigenvalue weighted by Crippen LogP contribution is 2.29. The van der Waals surface area contributed by atoms with Crippen molar-refractivity contribution in [3.8, 4) is 0 Å². The lowest BCUT2D eigenvalue weighted by Crippen LogP contribution is -2.67. The summed E-state index contributed by atoms with van der Waals surface area (Å²) in [5, 5.41) is 55.1. The summed E-state index contributed by atoms with van der Waals surface area (Å²) in [4.78, 5) is 22.0. The van der Waals surface area contributed by atoms with Gasteiger partial charge in [-0.3, -0.25) is 9.59 Å². The number of amides is 2. The minimum atomic E-state index is -1.59. The Morgan fingerprint density at radius 2 is 1.76 bits per heavy atom. The Bertz CT molecular complexity index is 553. The summed E-state index contributed by atoms with van der Waals surface area (Å²) in [5.41, 5.74) is 0. The van der Waals surface area contributed by atoms with Gasteiger partial charge in [0.15, 0.2) is 12.6 Å². The lowest BCUT2D eigenvalue weighted by atomic mass is 9.95. The number of aliphatic hydroxyl groups excluding tert-OH is 5. The summed E-state index contributed by atoms with van der Waals surface area (Å²) in [7, 11) is 1.24. The van der Waals surface area contributed by atoms with E-state index in [-0.39, 0.29) is 6.54 Å². The molecule has 0 aromatic heterocycles. The third-order valence-corrected chi connectivity index (χ3v) is 4.85. The van der Waals surface area contributed by atoms with Crippen LogP contribution < -0.4 is 10.6 Å². The van der Waals surface area contributed by atoms with Crippen molar-refractivity contribution in [2.45, 2.75) is 68.3 Å². The van der Waals surface area contributed by atoms with Crippen LogP contribution in [0.5, 0.6) is 0 Å². The Hall–Kier alpha value is -1.42. The van der Waals surface area contributed by atoms with E-state index >= 15 is 0 Å². The van der Waals surface area contributed by atoms with Gasteiger partial charge >= 0.3 is 0 Å². The van der Waals surface area contributed by atoms with E-state index in [1.54, 1.807) is 0 Å². The van der Waals surface area contributed by atoms with Crippen LogP contribution in [-0.2, 0) is 28.5 Å². The second kappa shape index (κ2) is 10.6. The predicted octanol–water partition coefficient (Wildman–Crippen LogP) is -4.85. The number of carbonyl (C=O) groups is 2. The van der Waals surface area contributed by atoms with Crippen LogP contribution in [0.4, 0.5) is 0 Å². The van der Waals surface area contributed by atoms with Crippen molar-refractivity contribution in [1.29, 1.82) is 0 Å². The van der Waals surface area contributed by atoms with Crippen molar-refractivity contribution in [3.63, 3.8) is 0 Å². The Morgan fingerprint density at radius 1 is 1.07 bits per heavy atom. The number of rotatable bonds is 8. The summed E-state index contributed by atoms with van der Waals surface area (Å²) in [6.45, 7) is 0.403. The van der Waals surface area contributed by atoms with Gasteiger partial charge in [0.1, 0.15) is 48.8 Å². The average molecular weight is 424 g/mol. The maximum absolute atomic E-state index is 11.4. The van der Waals surface area contributed by atoms with E-state index in [4.69, 9.17) is 18.9 Å². The van der Waals surface area contributed by atoms with E-state index in [1.165, 1.54) is 14.0 Å². The first-order valence-electron chi connectivity index (χ1n) is 9.01. The van der Waals surface area contributed by atoms with Crippen LogP contribution in [0.2, 0.25) is 0 Å². The van der Waals surface area contributed by atoms with Crippen LogP contribution in [0.1, 0.15) is 6.92 Å². The van der Waals surface area contributed by atoms with Crippen molar-refractivity contribution in [1.82, 2.24) is 10.6 Å². The van der Waals surface area contributed by atoms with Crippen molar-refractivity contribution >= 4 is 12.3 Å². The first kappa shape index (κ1) is 23.9. The third kappa shape index (κ3) is 5.39. The number of aliphatic hydroxyl groups is 5. The topological polar surface area (TPSA) is 196 Å². The number of hydrogen-bond donors (Lipinski definition) is 7. The molecule has 2 saturated heterocycles. The molecule has 0 spiro atoms. The molecule has 2 heterocycles. The fourth-order valence-corrected chi connectivity index (χ4v) is 3.39. The van der Waals surface area contributed by atoms with Crippen molar-refractivity contribution in [3.05, 3.63) is 0 Å². The molecule has 168 valence electrons. The van der Waals surface area contributed by atoms with Gasteiger partial charge in [-0.05, 0) is 0 Å². The molecular weight excluding hydrogens is 396 g/mol. The highest BCUT2D eigenvalue weighted by molar-refractivity contribution is 5.73.